The van der Waals surface area contributed by atoms with Gasteiger partial charge in [-0.2, -0.15) is 0 Å². The minimum atomic E-state index is -0.388. The number of thiophene rings is 1. The van der Waals surface area contributed by atoms with Gasteiger partial charge < -0.3 is 14.2 Å². The molecule has 0 saturated heterocycles. The summed E-state index contributed by atoms with van der Waals surface area (Å²) in [5.41, 5.74) is 0.881. The maximum atomic E-state index is 11.2. The van der Waals surface area contributed by atoms with Crippen molar-refractivity contribution in [2.75, 3.05) is 14.2 Å². The van der Waals surface area contributed by atoms with E-state index in [1.165, 1.54) is 13.2 Å². The number of carbonyl (C=O) groups excluding carboxylic acids is 1. The number of carbonyl (C=O) groups is 1. The fourth-order valence-corrected chi connectivity index (χ4v) is 3.45. The Bertz CT molecular complexity index is 968. The maximum absolute atomic E-state index is 11.2. The number of rotatable bonds is 6. The van der Waals surface area contributed by atoms with E-state index in [-0.39, 0.29) is 5.97 Å². The van der Waals surface area contributed by atoms with Crippen molar-refractivity contribution in [1.29, 1.82) is 0 Å². The molecule has 0 unspecified atom stereocenters. The molecule has 0 fully saturated rings. The molecule has 0 spiro atoms. The van der Waals surface area contributed by atoms with E-state index in [1.807, 2.05) is 42.5 Å². The predicted molar refractivity (Wildman–Crippen MR) is 106 cm³/mol. The number of hydrogen-bond acceptors (Lipinski definition) is 5. The molecule has 0 radical (unpaired) electrons. The zero-order chi connectivity index (χ0) is 18.5. The van der Waals surface area contributed by atoms with E-state index in [1.54, 1.807) is 30.6 Å². The zero-order valence-corrected chi connectivity index (χ0v) is 15.3. The van der Waals surface area contributed by atoms with Crippen molar-refractivity contribution in [3.63, 3.8) is 0 Å². The van der Waals surface area contributed by atoms with E-state index >= 15 is 0 Å². The van der Waals surface area contributed by atoms with Crippen molar-refractivity contribution in [2.45, 2.75) is 0 Å². The highest BCUT2D eigenvalue weighted by Gasteiger charge is 2.13. The van der Waals surface area contributed by atoms with Gasteiger partial charge in [-0.1, -0.05) is 18.7 Å². The van der Waals surface area contributed by atoms with Crippen LogP contribution in [0.15, 0.2) is 55.1 Å². The van der Waals surface area contributed by atoms with Gasteiger partial charge in [0.15, 0.2) is 5.75 Å². The molecule has 0 atom stereocenters. The van der Waals surface area contributed by atoms with Crippen LogP contribution in [0.3, 0.4) is 0 Å². The predicted octanol–water partition coefficient (Wildman–Crippen LogP) is 5.53. The van der Waals surface area contributed by atoms with E-state index in [4.69, 9.17) is 9.47 Å². The summed E-state index contributed by atoms with van der Waals surface area (Å²) in [6.45, 7) is 3.88. The second-order valence-corrected chi connectivity index (χ2v) is 6.47. The summed E-state index contributed by atoms with van der Waals surface area (Å²) in [7, 11) is 3.00. The molecule has 0 N–H and O–H groups in total. The number of methoxy groups -OCH3 is 2. The summed E-state index contributed by atoms with van der Waals surface area (Å²) in [5, 5.41) is 1.01. The summed E-state index contributed by atoms with van der Waals surface area (Å²) < 4.78 is 17.1. The lowest BCUT2D eigenvalue weighted by atomic mass is 10.2. The Kier molecular flexibility index (Phi) is 5.39. The van der Waals surface area contributed by atoms with Crippen molar-refractivity contribution < 1.29 is 19.0 Å². The van der Waals surface area contributed by atoms with Crippen molar-refractivity contribution in [3.8, 4) is 17.2 Å². The van der Waals surface area contributed by atoms with Crippen LogP contribution in [0.25, 0.3) is 22.2 Å². The van der Waals surface area contributed by atoms with Crippen LogP contribution in [0, 0.1) is 0 Å². The molecule has 26 heavy (non-hydrogen) atoms. The first-order chi connectivity index (χ1) is 12.6. The van der Waals surface area contributed by atoms with Crippen molar-refractivity contribution in [3.05, 3.63) is 65.6 Å². The first kappa shape index (κ1) is 17.8. The second kappa shape index (κ2) is 7.89. The average Bonchev–Trinajstić information content (AvgIpc) is 3.03. The highest BCUT2D eigenvalue weighted by Crippen LogP contribution is 2.42. The molecule has 0 aliphatic carbocycles. The van der Waals surface area contributed by atoms with Crippen LogP contribution < -0.4 is 9.47 Å². The van der Waals surface area contributed by atoms with Crippen LogP contribution in [0.1, 0.15) is 10.4 Å². The number of fused-ring (bicyclic) bond motifs is 1. The first-order valence-corrected chi connectivity index (χ1v) is 8.73. The minimum absolute atomic E-state index is 0.388. The van der Waals surface area contributed by atoms with E-state index in [9.17, 15) is 4.79 Å². The summed E-state index contributed by atoms with van der Waals surface area (Å²) >= 11 is 1.60. The quantitative estimate of drug-likeness (QED) is 0.425. The van der Waals surface area contributed by atoms with Gasteiger partial charge in [-0.3, -0.25) is 0 Å². The van der Waals surface area contributed by atoms with E-state index < -0.39 is 0 Å². The molecule has 0 aliphatic rings. The summed E-state index contributed by atoms with van der Waals surface area (Å²) in [6.07, 6.45) is 4.86. The Morgan fingerprint density at radius 3 is 2.46 bits per heavy atom. The van der Waals surface area contributed by atoms with Crippen LogP contribution in [-0.2, 0) is 9.53 Å². The van der Waals surface area contributed by atoms with Gasteiger partial charge in [-0.25, -0.2) is 4.79 Å². The Balaban J connectivity index is 1.87. The Hall–Kier alpha value is -3.05. The number of benzene rings is 2. The van der Waals surface area contributed by atoms with Gasteiger partial charge in [0.05, 0.1) is 19.1 Å². The molecule has 3 aromatic rings. The maximum Gasteiger partial charge on any atom is 0.330 e. The fourth-order valence-electron chi connectivity index (χ4n) is 2.44. The number of ether oxygens (including phenoxy) is 3. The number of esters is 1. The van der Waals surface area contributed by atoms with Gasteiger partial charge in [-0.05, 0) is 48.0 Å². The van der Waals surface area contributed by atoms with Gasteiger partial charge in [0.25, 0.3) is 0 Å². The zero-order valence-electron chi connectivity index (χ0n) is 14.5. The lowest BCUT2D eigenvalue weighted by Crippen LogP contribution is -1.93. The molecule has 0 amide bonds. The van der Waals surface area contributed by atoms with E-state index in [2.05, 4.69) is 11.3 Å². The lowest BCUT2D eigenvalue weighted by Gasteiger charge is -2.07. The third kappa shape index (κ3) is 3.78. The van der Waals surface area contributed by atoms with Crippen molar-refractivity contribution in [1.82, 2.24) is 0 Å². The molecular formula is C21H18O4S. The molecule has 1 aromatic heterocycles. The Labute approximate surface area is 155 Å². The standard InChI is InChI=1S/C21H18O4S/c1-4-18-21(17-11-10-16(23-2)13-19(17)26-18)25-15-8-5-14(6-9-15)7-12-20(22)24-3/h4-13H,1H2,2-3H3/b12-7+. The van der Waals surface area contributed by atoms with Crippen molar-refractivity contribution in [2.24, 2.45) is 0 Å². The molecule has 4 nitrogen and oxygen atoms in total. The molecule has 3 rings (SSSR count). The fraction of sp³-hybridized carbons (Fsp3) is 0.0952. The normalized spacial score (nSPS) is 10.8. The Morgan fingerprint density at radius 1 is 1.08 bits per heavy atom. The smallest absolute Gasteiger partial charge is 0.330 e. The van der Waals surface area contributed by atoms with Gasteiger partial charge >= 0.3 is 5.97 Å². The number of hydrogen-bond donors (Lipinski definition) is 0. The highest BCUT2D eigenvalue weighted by molar-refractivity contribution is 7.20. The van der Waals surface area contributed by atoms with Gasteiger partial charge in [0.2, 0.25) is 0 Å². The third-order valence-electron chi connectivity index (χ3n) is 3.78. The molecule has 0 saturated carbocycles. The molecule has 5 heteroatoms. The molecule has 2 aromatic carbocycles. The third-order valence-corrected chi connectivity index (χ3v) is 4.91. The van der Waals surface area contributed by atoms with Crippen LogP contribution in [-0.4, -0.2) is 20.2 Å². The van der Waals surface area contributed by atoms with E-state index in [0.717, 1.165) is 32.0 Å². The van der Waals surface area contributed by atoms with Crippen LogP contribution in [0.2, 0.25) is 0 Å². The molecule has 1 heterocycles. The first-order valence-electron chi connectivity index (χ1n) is 7.91. The monoisotopic (exact) mass is 366 g/mol. The second-order valence-electron chi connectivity index (χ2n) is 5.39. The van der Waals surface area contributed by atoms with E-state index in [0.29, 0.717) is 5.75 Å². The van der Waals surface area contributed by atoms with Crippen LogP contribution >= 0.6 is 11.3 Å². The van der Waals surface area contributed by atoms with Gasteiger partial charge in [-0.15, -0.1) is 11.3 Å². The topological polar surface area (TPSA) is 44.8 Å². The van der Waals surface area contributed by atoms with Crippen LogP contribution in [0.5, 0.6) is 17.2 Å². The molecular weight excluding hydrogens is 348 g/mol. The lowest BCUT2D eigenvalue weighted by molar-refractivity contribution is -0.134. The van der Waals surface area contributed by atoms with Gasteiger partial charge in [0.1, 0.15) is 11.5 Å². The van der Waals surface area contributed by atoms with Gasteiger partial charge in [0, 0.05) is 16.2 Å². The summed E-state index contributed by atoms with van der Waals surface area (Å²) in [4.78, 5) is 12.1. The summed E-state index contributed by atoms with van der Waals surface area (Å²) in [6, 6.07) is 13.4. The largest absolute Gasteiger partial charge is 0.497 e. The minimum Gasteiger partial charge on any atom is -0.497 e. The molecule has 132 valence electrons. The van der Waals surface area contributed by atoms with Crippen LogP contribution in [0.4, 0.5) is 0 Å². The van der Waals surface area contributed by atoms with Crippen molar-refractivity contribution >= 4 is 39.5 Å². The molecule has 0 bridgehead atoms. The Morgan fingerprint density at radius 2 is 1.81 bits per heavy atom. The summed E-state index contributed by atoms with van der Waals surface area (Å²) in [5.74, 6) is 1.91. The SMILES string of the molecule is C=Cc1sc2cc(OC)ccc2c1Oc1ccc(/C=C/C(=O)OC)cc1. The highest BCUT2D eigenvalue weighted by atomic mass is 32.1. The molecule has 0 aliphatic heterocycles. The average molecular weight is 366 g/mol.